The lowest BCUT2D eigenvalue weighted by Crippen LogP contribution is -1.90. The second-order valence-corrected chi connectivity index (χ2v) is 3.90. The van der Waals surface area contributed by atoms with Gasteiger partial charge < -0.3 is 0 Å². The molecule has 0 fully saturated rings. The first-order valence-electron chi connectivity index (χ1n) is 5.15. The van der Waals surface area contributed by atoms with Gasteiger partial charge in [-0.3, -0.25) is 0 Å². The summed E-state index contributed by atoms with van der Waals surface area (Å²) in [6.07, 6.45) is 11.1. The summed E-state index contributed by atoms with van der Waals surface area (Å²) in [6.45, 7) is 4.04. The van der Waals surface area contributed by atoms with Crippen LogP contribution in [0.5, 0.6) is 0 Å². The molecule has 0 saturated heterocycles. The smallest absolute Gasteiger partial charge is 0.0350 e. The Hall–Kier alpha value is -2.18. The van der Waals surface area contributed by atoms with Crippen LogP contribution in [-0.2, 0) is 0 Å². The molecular formula is C16H12. The van der Waals surface area contributed by atoms with Crippen molar-refractivity contribution in [2.45, 2.75) is 13.8 Å². The number of rotatable bonds is 0. The second-order valence-electron chi connectivity index (χ2n) is 3.90. The predicted octanol–water partition coefficient (Wildman–Crippen LogP) is 3.42. The number of benzene rings is 2. The number of fused-ring (bicyclic) bond motifs is 1. The van der Waals surface area contributed by atoms with Crippen molar-refractivity contribution >= 4 is 10.8 Å². The van der Waals surface area contributed by atoms with Crippen molar-refractivity contribution in [3.05, 3.63) is 46.5 Å². The number of terminal acetylenes is 2. The summed E-state index contributed by atoms with van der Waals surface area (Å²) in [5.41, 5.74) is 4.10. The molecule has 0 bridgehead atoms. The third-order valence-electron chi connectivity index (χ3n) is 2.91. The zero-order valence-corrected chi connectivity index (χ0v) is 9.46. The molecule has 0 heteroatoms. The Balaban J connectivity index is 3.01. The van der Waals surface area contributed by atoms with E-state index in [1.165, 1.54) is 0 Å². The largest absolute Gasteiger partial charge is 0.115 e. The lowest BCUT2D eigenvalue weighted by atomic mass is 9.94. The second kappa shape index (κ2) is 3.76. The van der Waals surface area contributed by atoms with Crippen LogP contribution in [0.1, 0.15) is 22.3 Å². The minimum atomic E-state index is 0.939. The van der Waals surface area contributed by atoms with E-state index >= 15 is 0 Å². The third-order valence-corrected chi connectivity index (χ3v) is 2.91. The van der Waals surface area contributed by atoms with Gasteiger partial charge in [-0.1, -0.05) is 36.1 Å². The molecule has 0 nitrogen and oxygen atoms in total. The van der Waals surface area contributed by atoms with Crippen molar-refractivity contribution < 1.29 is 0 Å². The van der Waals surface area contributed by atoms with Gasteiger partial charge in [0.05, 0.1) is 0 Å². The first-order chi connectivity index (χ1) is 7.69. The van der Waals surface area contributed by atoms with Gasteiger partial charge in [-0.05, 0) is 35.7 Å². The SMILES string of the molecule is C#Cc1c(C)ccc2c(C#C)c(C)ccc12. The van der Waals surface area contributed by atoms with Gasteiger partial charge in [-0.25, -0.2) is 0 Å². The Bertz CT molecular complexity index is 587. The van der Waals surface area contributed by atoms with E-state index in [0.29, 0.717) is 0 Å². The van der Waals surface area contributed by atoms with E-state index in [2.05, 4.69) is 11.8 Å². The molecule has 2 aromatic rings. The van der Waals surface area contributed by atoms with Gasteiger partial charge in [-0.15, -0.1) is 12.8 Å². The van der Waals surface area contributed by atoms with Gasteiger partial charge in [0.2, 0.25) is 0 Å². The lowest BCUT2D eigenvalue weighted by Gasteiger charge is -2.08. The Morgan fingerprint density at radius 3 is 1.44 bits per heavy atom. The average molecular weight is 204 g/mol. The minimum Gasteiger partial charge on any atom is -0.115 e. The Morgan fingerprint density at radius 1 is 0.750 bits per heavy atom. The predicted molar refractivity (Wildman–Crippen MR) is 69.3 cm³/mol. The molecule has 0 spiro atoms. The molecule has 0 amide bonds. The van der Waals surface area contributed by atoms with Crippen LogP contribution in [0.2, 0.25) is 0 Å². The lowest BCUT2D eigenvalue weighted by molar-refractivity contribution is 1.44. The number of hydrogen-bond acceptors (Lipinski definition) is 0. The van der Waals surface area contributed by atoms with E-state index in [-0.39, 0.29) is 0 Å². The highest BCUT2D eigenvalue weighted by atomic mass is 14.1. The molecule has 76 valence electrons. The summed E-state index contributed by atoms with van der Waals surface area (Å²) in [5, 5.41) is 2.14. The van der Waals surface area contributed by atoms with Crippen LogP contribution in [0.15, 0.2) is 24.3 Å². The Kier molecular flexibility index (Phi) is 2.43. The molecule has 16 heavy (non-hydrogen) atoms. The fourth-order valence-corrected chi connectivity index (χ4v) is 2.01. The summed E-state index contributed by atoms with van der Waals surface area (Å²) in [7, 11) is 0. The molecule has 2 rings (SSSR count). The van der Waals surface area contributed by atoms with Gasteiger partial charge in [0.1, 0.15) is 0 Å². The molecule has 0 aliphatic rings. The normalized spacial score (nSPS) is 9.75. The minimum absolute atomic E-state index is 0.939. The van der Waals surface area contributed by atoms with E-state index in [0.717, 1.165) is 33.0 Å². The van der Waals surface area contributed by atoms with Crippen molar-refractivity contribution in [3.8, 4) is 24.7 Å². The van der Waals surface area contributed by atoms with Crippen LogP contribution >= 0.6 is 0 Å². The van der Waals surface area contributed by atoms with Crippen LogP contribution in [0.4, 0.5) is 0 Å². The van der Waals surface area contributed by atoms with E-state index in [9.17, 15) is 0 Å². The summed E-state index contributed by atoms with van der Waals surface area (Å²) in [6, 6.07) is 8.15. The molecule has 0 unspecified atom stereocenters. The molecule has 0 N–H and O–H groups in total. The van der Waals surface area contributed by atoms with E-state index in [1.807, 2.05) is 38.1 Å². The molecule has 0 atom stereocenters. The first-order valence-corrected chi connectivity index (χ1v) is 5.15. The van der Waals surface area contributed by atoms with Gasteiger partial charge in [0.15, 0.2) is 0 Å². The molecule has 2 aromatic carbocycles. The maximum absolute atomic E-state index is 5.54. The van der Waals surface area contributed by atoms with Crippen LogP contribution in [0, 0.1) is 38.5 Å². The van der Waals surface area contributed by atoms with E-state index in [4.69, 9.17) is 12.8 Å². The van der Waals surface area contributed by atoms with Crippen LogP contribution in [0.25, 0.3) is 10.8 Å². The Labute approximate surface area is 96.3 Å². The van der Waals surface area contributed by atoms with E-state index < -0.39 is 0 Å². The molecule has 0 heterocycles. The molecule has 0 aliphatic heterocycles. The fraction of sp³-hybridized carbons (Fsp3) is 0.125. The van der Waals surface area contributed by atoms with Crippen LogP contribution < -0.4 is 0 Å². The summed E-state index contributed by atoms with van der Waals surface area (Å²) < 4.78 is 0. The van der Waals surface area contributed by atoms with Gasteiger partial charge >= 0.3 is 0 Å². The van der Waals surface area contributed by atoms with Crippen LogP contribution in [-0.4, -0.2) is 0 Å². The van der Waals surface area contributed by atoms with Crippen molar-refractivity contribution in [2.24, 2.45) is 0 Å². The molecular weight excluding hydrogens is 192 g/mol. The van der Waals surface area contributed by atoms with Crippen LogP contribution in [0.3, 0.4) is 0 Å². The van der Waals surface area contributed by atoms with Crippen molar-refractivity contribution in [2.75, 3.05) is 0 Å². The molecule has 0 aliphatic carbocycles. The van der Waals surface area contributed by atoms with Crippen molar-refractivity contribution in [3.63, 3.8) is 0 Å². The maximum Gasteiger partial charge on any atom is 0.0350 e. The Morgan fingerprint density at radius 2 is 1.12 bits per heavy atom. The average Bonchev–Trinajstić information content (AvgIpc) is 2.29. The fourth-order valence-electron chi connectivity index (χ4n) is 2.01. The van der Waals surface area contributed by atoms with Gasteiger partial charge in [-0.2, -0.15) is 0 Å². The zero-order chi connectivity index (χ0) is 11.7. The highest BCUT2D eigenvalue weighted by Crippen LogP contribution is 2.26. The topological polar surface area (TPSA) is 0 Å². The monoisotopic (exact) mass is 204 g/mol. The highest BCUT2D eigenvalue weighted by Gasteiger charge is 2.06. The maximum atomic E-state index is 5.54. The van der Waals surface area contributed by atoms with Gasteiger partial charge in [0, 0.05) is 11.1 Å². The third kappa shape index (κ3) is 1.37. The van der Waals surface area contributed by atoms with Crippen molar-refractivity contribution in [1.82, 2.24) is 0 Å². The van der Waals surface area contributed by atoms with E-state index in [1.54, 1.807) is 0 Å². The standard InChI is InChI=1S/C16H12/c1-5-13-11(3)7-10-16-14(6-2)12(4)8-9-15(13)16/h1-2,7-10H,3-4H3. The summed E-state index contributed by atoms with van der Waals surface area (Å²) in [5.74, 6) is 5.48. The highest BCUT2D eigenvalue weighted by molar-refractivity contribution is 5.94. The van der Waals surface area contributed by atoms with Gasteiger partial charge in [0.25, 0.3) is 0 Å². The zero-order valence-electron chi connectivity index (χ0n) is 9.46. The van der Waals surface area contributed by atoms with Crippen molar-refractivity contribution in [1.29, 1.82) is 0 Å². The quantitative estimate of drug-likeness (QED) is 0.577. The summed E-state index contributed by atoms with van der Waals surface area (Å²) >= 11 is 0. The molecule has 0 aromatic heterocycles. The molecule has 0 saturated carbocycles. The number of aryl methyl sites for hydroxylation is 2. The molecule has 0 radical (unpaired) electrons. The summed E-state index contributed by atoms with van der Waals surface area (Å²) in [4.78, 5) is 0. The first kappa shape index (κ1) is 10.3. The number of hydrogen-bond donors (Lipinski definition) is 0.